The number of halogens is 2. The van der Waals surface area contributed by atoms with Gasteiger partial charge in [-0.05, 0) is 44.8 Å². The zero-order valence-electron chi connectivity index (χ0n) is 8.45. The van der Waals surface area contributed by atoms with Crippen molar-refractivity contribution in [3.8, 4) is 0 Å². The van der Waals surface area contributed by atoms with Crippen LogP contribution >= 0.6 is 43.2 Å². The highest BCUT2D eigenvalue weighted by molar-refractivity contribution is 9.11. The molecule has 2 aromatic rings. The second-order valence-electron chi connectivity index (χ2n) is 3.33. The van der Waals surface area contributed by atoms with Crippen LogP contribution in [0.4, 0.5) is 0 Å². The summed E-state index contributed by atoms with van der Waals surface area (Å²) in [6.45, 7) is 1.96. The van der Waals surface area contributed by atoms with Gasteiger partial charge in [-0.1, -0.05) is 0 Å². The normalized spacial score (nSPS) is 12.8. The molecular formula is C10H9Br2N3S. The van der Waals surface area contributed by atoms with Gasteiger partial charge in [0.25, 0.3) is 0 Å². The second-order valence-corrected chi connectivity index (χ2v) is 5.99. The lowest BCUT2D eigenvalue weighted by Crippen LogP contribution is -2.14. The van der Waals surface area contributed by atoms with Gasteiger partial charge in [0.05, 0.1) is 5.69 Å². The van der Waals surface area contributed by atoms with Gasteiger partial charge in [0, 0.05) is 26.2 Å². The lowest BCUT2D eigenvalue weighted by atomic mass is 10.2. The topological polar surface area (TPSA) is 51.8 Å². The van der Waals surface area contributed by atoms with Crippen molar-refractivity contribution in [3.05, 3.63) is 43.0 Å². The molecule has 2 N–H and O–H groups in total. The van der Waals surface area contributed by atoms with Gasteiger partial charge in [-0.25, -0.2) is 4.98 Å². The number of nitrogens with two attached hydrogens (primary N) is 1. The molecule has 0 aromatic carbocycles. The van der Waals surface area contributed by atoms with E-state index in [0.29, 0.717) is 0 Å². The molecule has 0 amide bonds. The van der Waals surface area contributed by atoms with Gasteiger partial charge in [0.1, 0.15) is 11.0 Å². The fourth-order valence-electron chi connectivity index (χ4n) is 1.29. The molecule has 84 valence electrons. The number of nitrogens with zero attached hydrogens (tertiary/aromatic N) is 2. The molecule has 0 bridgehead atoms. The summed E-state index contributed by atoms with van der Waals surface area (Å²) in [6, 6.07) is 1.66. The molecule has 2 aromatic heterocycles. The number of hydrogen-bond acceptors (Lipinski definition) is 4. The fraction of sp³-hybridized carbons (Fsp3) is 0.200. The van der Waals surface area contributed by atoms with Crippen LogP contribution in [0.3, 0.4) is 0 Å². The van der Waals surface area contributed by atoms with Gasteiger partial charge in [0.15, 0.2) is 0 Å². The first kappa shape index (κ1) is 12.2. The van der Waals surface area contributed by atoms with E-state index in [0.717, 1.165) is 25.3 Å². The van der Waals surface area contributed by atoms with E-state index in [1.54, 1.807) is 17.5 Å². The van der Waals surface area contributed by atoms with Crippen molar-refractivity contribution in [2.75, 3.05) is 0 Å². The van der Waals surface area contributed by atoms with Gasteiger partial charge < -0.3 is 5.73 Å². The highest BCUT2D eigenvalue weighted by Gasteiger charge is 2.16. The third-order valence-electron chi connectivity index (χ3n) is 2.03. The van der Waals surface area contributed by atoms with Crippen LogP contribution in [0, 0.1) is 6.92 Å². The predicted molar refractivity (Wildman–Crippen MR) is 72.5 cm³/mol. The Kier molecular flexibility index (Phi) is 3.73. The van der Waals surface area contributed by atoms with E-state index in [2.05, 4.69) is 41.8 Å². The molecule has 6 heteroatoms. The molecular weight excluding hydrogens is 354 g/mol. The van der Waals surface area contributed by atoms with Gasteiger partial charge in [-0.2, -0.15) is 0 Å². The second kappa shape index (κ2) is 4.91. The molecule has 1 unspecified atom stereocenters. The van der Waals surface area contributed by atoms with E-state index < -0.39 is 0 Å². The summed E-state index contributed by atoms with van der Waals surface area (Å²) in [5, 5.41) is 2.87. The standard InChI is InChI=1S/C10H9Br2N3S/c1-5-4-16-10(15-5)8(13)9-7(12)2-6(11)3-14-9/h2-4,8H,13H2,1H3. The third-order valence-corrected chi connectivity index (χ3v) is 4.15. The molecule has 0 aliphatic carbocycles. The Labute approximate surface area is 114 Å². The van der Waals surface area contributed by atoms with Crippen molar-refractivity contribution in [2.24, 2.45) is 5.73 Å². The summed E-state index contributed by atoms with van der Waals surface area (Å²) in [5.41, 5.74) is 7.91. The van der Waals surface area contributed by atoms with Crippen LogP contribution < -0.4 is 5.73 Å². The van der Waals surface area contributed by atoms with Crippen molar-refractivity contribution in [2.45, 2.75) is 13.0 Å². The van der Waals surface area contributed by atoms with Gasteiger partial charge in [-0.15, -0.1) is 11.3 Å². The van der Waals surface area contributed by atoms with Crippen molar-refractivity contribution < 1.29 is 0 Å². The van der Waals surface area contributed by atoms with Crippen LogP contribution in [0.1, 0.15) is 22.4 Å². The van der Waals surface area contributed by atoms with Crippen LogP contribution in [0.25, 0.3) is 0 Å². The number of pyridine rings is 1. The Morgan fingerprint density at radius 3 is 2.75 bits per heavy atom. The fourth-order valence-corrected chi connectivity index (χ4v) is 3.32. The minimum atomic E-state index is -0.277. The summed E-state index contributed by atoms with van der Waals surface area (Å²) in [5.74, 6) is 0. The maximum absolute atomic E-state index is 6.12. The molecule has 1 atom stereocenters. The molecule has 2 rings (SSSR count). The average molecular weight is 363 g/mol. The third kappa shape index (κ3) is 2.51. The molecule has 0 aliphatic rings. The minimum absolute atomic E-state index is 0.277. The van der Waals surface area contributed by atoms with Crippen molar-refractivity contribution in [3.63, 3.8) is 0 Å². The molecule has 0 saturated carbocycles. The first-order chi connectivity index (χ1) is 7.58. The van der Waals surface area contributed by atoms with Crippen molar-refractivity contribution in [1.82, 2.24) is 9.97 Å². The van der Waals surface area contributed by atoms with E-state index in [4.69, 9.17) is 5.73 Å². The summed E-state index contributed by atoms with van der Waals surface area (Å²) >= 11 is 8.37. The summed E-state index contributed by atoms with van der Waals surface area (Å²) in [6.07, 6.45) is 1.74. The van der Waals surface area contributed by atoms with Crippen LogP contribution in [0.2, 0.25) is 0 Å². The first-order valence-electron chi connectivity index (χ1n) is 4.56. The number of thiazole rings is 1. The summed E-state index contributed by atoms with van der Waals surface area (Å²) in [7, 11) is 0. The van der Waals surface area contributed by atoms with Gasteiger partial charge in [-0.3, -0.25) is 4.98 Å². The van der Waals surface area contributed by atoms with E-state index >= 15 is 0 Å². The zero-order valence-corrected chi connectivity index (χ0v) is 12.4. The average Bonchev–Trinajstić information content (AvgIpc) is 2.64. The predicted octanol–water partition coefficient (Wildman–Crippen LogP) is 3.42. The number of hydrogen-bond donors (Lipinski definition) is 1. The highest BCUT2D eigenvalue weighted by Crippen LogP contribution is 2.28. The molecule has 2 heterocycles. The molecule has 3 nitrogen and oxygen atoms in total. The molecule has 0 aliphatic heterocycles. The quantitative estimate of drug-likeness (QED) is 0.890. The Bertz CT molecular complexity index is 513. The lowest BCUT2D eigenvalue weighted by Gasteiger charge is -2.10. The van der Waals surface area contributed by atoms with Gasteiger partial charge >= 0.3 is 0 Å². The molecule has 0 radical (unpaired) electrons. The summed E-state index contributed by atoms with van der Waals surface area (Å²) in [4.78, 5) is 8.68. The van der Waals surface area contributed by atoms with E-state index in [-0.39, 0.29) is 6.04 Å². The number of aromatic nitrogens is 2. The largest absolute Gasteiger partial charge is 0.317 e. The van der Waals surface area contributed by atoms with Crippen LogP contribution in [-0.4, -0.2) is 9.97 Å². The Morgan fingerprint density at radius 1 is 1.44 bits per heavy atom. The van der Waals surface area contributed by atoms with Crippen LogP contribution in [-0.2, 0) is 0 Å². The Balaban J connectivity index is 2.37. The number of aryl methyl sites for hydroxylation is 1. The molecule has 16 heavy (non-hydrogen) atoms. The first-order valence-corrected chi connectivity index (χ1v) is 7.03. The number of rotatable bonds is 2. The zero-order chi connectivity index (χ0) is 11.7. The Morgan fingerprint density at radius 2 is 2.19 bits per heavy atom. The SMILES string of the molecule is Cc1csc(C(N)c2ncc(Br)cc2Br)n1. The Hall–Kier alpha value is -0.300. The minimum Gasteiger partial charge on any atom is -0.317 e. The maximum Gasteiger partial charge on any atom is 0.116 e. The maximum atomic E-state index is 6.12. The molecule has 0 fully saturated rings. The van der Waals surface area contributed by atoms with Crippen LogP contribution in [0.15, 0.2) is 26.6 Å². The van der Waals surface area contributed by atoms with Crippen molar-refractivity contribution in [1.29, 1.82) is 0 Å². The van der Waals surface area contributed by atoms with E-state index in [9.17, 15) is 0 Å². The molecule has 0 saturated heterocycles. The molecule has 0 spiro atoms. The monoisotopic (exact) mass is 361 g/mol. The van der Waals surface area contributed by atoms with E-state index in [1.165, 1.54) is 0 Å². The van der Waals surface area contributed by atoms with E-state index in [1.807, 2.05) is 18.4 Å². The van der Waals surface area contributed by atoms with Gasteiger partial charge in [0.2, 0.25) is 0 Å². The highest BCUT2D eigenvalue weighted by atomic mass is 79.9. The van der Waals surface area contributed by atoms with Crippen molar-refractivity contribution >= 4 is 43.2 Å². The van der Waals surface area contributed by atoms with Crippen LogP contribution in [0.5, 0.6) is 0 Å². The summed E-state index contributed by atoms with van der Waals surface area (Å²) < 4.78 is 1.81. The smallest absolute Gasteiger partial charge is 0.116 e. The lowest BCUT2D eigenvalue weighted by molar-refractivity contribution is 0.807.